The maximum atomic E-state index is 11.7. The van der Waals surface area contributed by atoms with E-state index in [1.807, 2.05) is 6.92 Å². The summed E-state index contributed by atoms with van der Waals surface area (Å²) >= 11 is 0. The van der Waals surface area contributed by atoms with Gasteiger partial charge in [-0.2, -0.15) is 8.42 Å². The maximum Gasteiger partial charge on any atom is 1.00 e. The molecule has 0 aromatic heterocycles. The minimum Gasteiger partial charge on any atom is -0.548 e. The molecule has 7 heteroatoms. The zero-order chi connectivity index (χ0) is 21.3. The fourth-order valence-electron chi connectivity index (χ4n) is 3.76. The number of aliphatic carboxylic acids is 1. The SMILES string of the molecule is CCCCCCCCCCCCCCCCC(CCCC)(C(=O)[O-])S(=O)(=O)O.[Na+]. The van der Waals surface area contributed by atoms with Crippen molar-refractivity contribution in [2.24, 2.45) is 0 Å². The molecule has 0 radical (unpaired) electrons. The number of carbonyl (C=O) groups excluding carboxylic acids is 1. The summed E-state index contributed by atoms with van der Waals surface area (Å²) in [6, 6.07) is 0. The number of carboxylic acids is 1. The van der Waals surface area contributed by atoms with Crippen molar-refractivity contribution in [1.29, 1.82) is 0 Å². The van der Waals surface area contributed by atoms with Gasteiger partial charge < -0.3 is 9.90 Å². The van der Waals surface area contributed by atoms with Crippen LogP contribution in [0.3, 0.4) is 0 Å². The second-order valence-electron chi connectivity index (χ2n) is 8.21. The molecule has 0 rings (SSSR count). The van der Waals surface area contributed by atoms with Crippen molar-refractivity contribution in [1.82, 2.24) is 0 Å². The molecule has 0 amide bonds. The number of carboxylic acid groups (broad SMARTS) is 1. The van der Waals surface area contributed by atoms with Gasteiger partial charge in [-0.3, -0.25) is 4.55 Å². The van der Waals surface area contributed by atoms with Gasteiger partial charge >= 0.3 is 29.6 Å². The van der Waals surface area contributed by atoms with E-state index in [2.05, 4.69) is 6.92 Å². The Hall–Kier alpha value is 0.380. The number of hydrogen-bond acceptors (Lipinski definition) is 4. The van der Waals surface area contributed by atoms with Gasteiger partial charge in [0.2, 0.25) is 0 Å². The van der Waals surface area contributed by atoms with Crippen molar-refractivity contribution in [3.63, 3.8) is 0 Å². The summed E-state index contributed by atoms with van der Waals surface area (Å²) in [5, 5.41) is 11.5. The quantitative estimate of drug-likeness (QED) is 0.178. The molecule has 0 heterocycles. The van der Waals surface area contributed by atoms with E-state index in [-0.39, 0.29) is 42.4 Å². The molecule has 0 bridgehead atoms. The van der Waals surface area contributed by atoms with E-state index >= 15 is 0 Å². The zero-order valence-corrected chi connectivity index (χ0v) is 22.0. The third-order valence-corrected chi connectivity index (χ3v) is 7.30. The maximum absolute atomic E-state index is 11.7. The molecule has 29 heavy (non-hydrogen) atoms. The van der Waals surface area contributed by atoms with Crippen molar-refractivity contribution in [2.45, 2.75) is 134 Å². The molecule has 0 aliphatic rings. The minimum atomic E-state index is -4.68. The normalized spacial score (nSPS) is 13.6. The van der Waals surface area contributed by atoms with Crippen LogP contribution in [0.2, 0.25) is 0 Å². The Morgan fingerprint density at radius 2 is 1.00 bits per heavy atom. The first-order valence-electron chi connectivity index (χ1n) is 11.5. The number of rotatable bonds is 20. The van der Waals surface area contributed by atoms with Crippen LogP contribution in [0, 0.1) is 0 Å². The fraction of sp³-hybridized carbons (Fsp3) is 0.955. The van der Waals surface area contributed by atoms with E-state index in [4.69, 9.17) is 0 Å². The smallest absolute Gasteiger partial charge is 0.548 e. The summed E-state index contributed by atoms with van der Waals surface area (Å²) in [4.78, 5) is 11.5. The van der Waals surface area contributed by atoms with E-state index in [9.17, 15) is 22.9 Å². The second-order valence-corrected chi connectivity index (χ2v) is 9.94. The van der Waals surface area contributed by atoms with Crippen LogP contribution in [0.4, 0.5) is 0 Å². The van der Waals surface area contributed by atoms with Crippen LogP contribution in [0.5, 0.6) is 0 Å². The van der Waals surface area contributed by atoms with Crippen LogP contribution < -0.4 is 34.7 Å². The Kier molecular flexibility index (Phi) is 20.8. The molecule has 0 fully saturated rings. The molecule has 0 aromatic rings. The Morgan fingerprint density at radius 3 is 1.31 bits per heavy atom. The van der Waals surface area contributed by atoms with Gasteiger partial charge in [0, 0.05) is 0 Å². The summed E-state index contributed by atoms with van der Waals surface area (Å²) < 4.78 is 30.7. The fourth-order valence-corrected chi connectivity index (χ4v) is 4.78. The molecule has 1 unspecified atom stereocenters. The molecule has 0 saturated carbocycles. The Balaban J connectivity index is 0. The van der Waals surface area contributed by atoms with Crippen molar-refractivity contribution in [2.75, 3.05) is 0 Å². The van der Waals surface area contributed by atoms with Crippen LogP contribution in [0.15, 0.2) is 0 Å². The number of hydrogen-bond donors (Lipinski definition) is 1. The summed E-state index contributed by atoms with van der Waals surface area (Å²) in [6.45, 7) is 4.09. The number of carbonyl (C=O) groups is 1. The van der Waals surface area contributed by atoms with Gasteiger partial charge in [0.15, 0.2) is 0 Å². The van der Waals surface area contributed by atoms with Gasteiger partial charge in [0.1, 0.15) is 4.75 Å². The molecule has 1 N–H and O–H groups in total. The van der Waals surface area contributed by atoms with Crippen LogP contribution in [0.1, 0.15) is 129 Å². The molecule has 0 aromatic carbocycles. The molecule has 0 saturated heterocycles. The molecular weight excluding hydrogens is 399 g/mol. The zero-order valence-electron chi connectivity index (χ0n) is 19.2. The molecule has 5 nitrogen and oxygen atoms in total. The summed E-state index contributed by atoms with van der Waals surface area (Å²) in [5.74, 6) is -1.67. The molecule has 0 aliphatic carbocycles. The first-order chi connectivity index (χ1) is 13.3. The largest absolute Gasteiger partial charge is 1.00 e. The monoisotopic (exact) mass is 442 g/mol. The molecule has 0 spiro atoms. The van der Waals surface area contributed by atoms with Gasteiger partial charge in [-0.1, -0.05) is 117 Å². The molecule has 1 atom stereocenters. The van der Waals surface area contributed by atoms with Crippen molar-refractivity contribution < 1.29 is 52.4 Å². The van der Waals surface area contributed by atoms with Crippen LogP contribution in [-0.2, 0) is 14.9 Å². The topological polar surface area (TPSA) is 94.5 Å². The summed E-state index contributed by atoms with van der Waals surface area (Å²) in [5.41, 5.74) is 0. The minimum absolute atomic E-state index is 0. The Morgan fingerprint density at radius 1 is 0.690 bits per heavy atom. The van der Waals surface area contributed by atoms with E-state index < -0.39 is 20.8 Å². The van der Waals surface area contributed by atoms with Crippen LogP contribution in [0.25, 0.3) is 0 Å². The van der Waals surface area contributed by atoms with Gasteiger partial charge in [0.05, 0.1) is 5.97 Å². The van der Waals surface area contributed by atoms with Crippen LogP contribution >= 0.6 is 0 Å². The van der Waals surface area contributed by atoms with E-state index in [0.717, 1.165) is 19.3 Å². The molecule has 0 aliphatic heterocycles. The third kappa shape index (κ3) is 14.1. The first-order valence-corrected chi connectivity index (χ1v) is 12.9. The average Bonchev–Trinajstić information content (AvgIpc) is 2.63. The standard InChI is InChI=1S/C22H44O5S.Na/c1-3-5-7-8-9-10-11-12-13-14-15-16-17-18-20-22(21(23)24,19-6-4-2)28(25,26)27;/h3-20H2,1-2H3,(H,23,24)(H,25,26,27);/q;+1/p-1. The number of unbranched alkanes of at least 4 members (excludes halogenated alkanes) is 14. The summed E-state index contributed by atoms with van der Waals surface area (Å²) in [7, 11) is -4.68. The van der Waals surface area contributed by atoms with Crippen LogP contribution in [-0.4, -0.2) is 23.7 Å². The second kappa shape index (κ2) is 19.1. The summed E-state index contributed by atoms with van der Waals surface area (Å²) in [6.07, 6.45) is 17.4. The van der Waals surface area contributed by atoms with Crippen molar-refractivity contribution in [3.8, 4) is 0 Å². The molecular formula is C22H43NaO5S. The van der Waals surface area contributed by atoms with Crippen molar-refractivity contribution >= 4 is 16.1 Å². The van der Waals surface area contributed by atoms with Gasteiger partial charge in [-0.05, 0) is 12.8 Å². The van der Waals surface area contributed by atoms with E-state index in [1.165, 1.54) is 64.2 Å². The van der Waals surface area contributed by atoms with Gasteiger partial charge in [-0.15, -0.1) is 0 Å². The van der Waals surface area contributed by atoms with E-state index in [1.54, 1.807) is 0 Å². The predicted molar refractivity (Wildman–Crippen MR) is 114 cm³/mol. The van der Waals surface area contributed by atoms with E-state index in [0.29, 0.717) is 19.3 Å². The predicted octanol–water partition coefficient (Wildman–Crippen LogP) is 2.43. The van der Waals surface area contributed by atoms with Gasteiger partial charge in [-0.25, -0.2) is 0 Å². The van der Waals surface area contributed by atoms with Crippen molar-refractivity contribution in [3.05, 3.63) is 0 Å². The first kappa shape index (κ1) is 31.6. The van der Waals surface area contributed by atoms with Gasteiger partial charge in [0.25, 0.3) is 10.1 Å². The Labute approximate surface area is 201 Å². The molecule has 168 valence electrons. The average molecular weight is 443 g/mol. The Bertz CT molecular complexity index is 495. The third-order valence-electron chi connectivity index (χ3n) is 5.73.